The summed E-state index contributed by atoms with van der Waals surface area (Å²) in [6.07, 6.45) is 1.45. The van der Waals surface area contributed by atoms with E-state index in [0.29, 0.717) is 22.4 Å². The predicted molar refractivity (Wildman–Crippen MR) is 193 cm³/mol. The number of pyridine rings is 1. The van der Waals surface area contributed by atoms with E-state index < -0.39 is 29.8 Å². The lowest BCUT2D eigenvalue weighted by atomic mass is 9.95. The zero-order chi connectivity index (χ0) is 36.3. The molecule has 1 heterocycles. The van der Waals surface area contributed by atoms with Crippen LogP contribution in [0.4, 0.5) is 5.69 Å². The molecule has 5 rings (SSSR count). The number of benzene rings is 4. The van der Waals surface area contributed by atoms with E-state index in [0.717, 1.165) is 11.1 Å². The standard InChI is InChI=1S/C40H37N5O6/c1-25(2)34(40(49)51-24-27-12-7-4-8-13-27)45-37(46)29-17-20-31(33(22-29)39(48)50-23-26-10-5-3-6-11-26)32-14-9-21-43-35(32)38(47)44-30-18-15-28(16-19-30)36(41)42/h3-22,25,34H,23-24H2,1-2H3,(H3,41,42)(H,44,47)(H,45,46). The number of anilines is 1. The Kier molecular flexibility index (Phi) is 11.7. The maximum atomic E-state index is 13.7. The van der Waals surface area contributed by atoms with Crippen LogP contribution in [0.15, 0.2) is 121 Å². The molecule has 0 fully saturated rings. The van der Waals surface area contributed by atoms with Crippen LogP contribution >= 0.6 is 0 Å². The van der Waals surface area contributed by atoms with Crippen LogP contribution in [0.25, 0.3) is 11.1 Å². The normalized spacial score (nSPS) is 11.3. The average Bonchev–Trinajstić information content (AvgIpc) is 3.15. The van der Waals surface area contributed by atoms with Crippen LogP contribution < -0.4 is 16.4 Å². The summed E-state index contributed by atoms with van der Waals surface area (Å²) in [4.78, 5) is 58.3. The monoisotopic (exact) mass is 683 g/mol. The molecule has 258 valence electrons. The number of rotatable bonds is 13. The van der Waals surface area contributed by atoms with Crippen molar-refractivity contribution < 1.29 is 28.7 Å². The molecule has 11 heteroatoms. The maximum Gasteiger partial charge on any atom is 0.339 e. The fraction of sp³-hybridized carbons (Fsp3) is 0.150. The molecule has 0 saturated heterocycles. The van der Waals surface area contributed by atoms with Crippen LogP contribution in [-0.4, -0.2) is 40.6 Å². The molecule has 0 saturated carbocycles. The predicted octanol–water partition coefficient (Wildman–Crippen LogP) is 6.14. The number of esters is 2. The number of hydrogen-bond donors (Lipinski definition) is 4. The van der Waals surface area contributed by atoms with Gasteiger partial charge in [-0.2, -0.15) is 0 Å². The molecule has 4 aromatic carbocycles. The number of ether oxygens (including phenoxy) is 2. The Morgan fingerprint density at radius 3 is 1.94 bits per heavy atom. The third-order valence-corrected chi connectivity index (χ3v) is 7.91. The highest BCUT2D eigenvalue weighted by atomic mass is 16.5. The van der Waals surface area contributed by atoms with Crippen LogP contribution in [0.1, 0.15) is 61.7 Å². The summed E-state index contributed by atoms with van der Waals surface area (Å²) < 4.78 is 11.2. The largest absolute Gasteiger partial charge is 0.459 e. The molecule has 1 unspecified atom stereocenters. The maximum absolute atomic E-state index is 13.7. The van der Waals surface area contributed by atoms with Crippen molar-refractivity contribution in [1.82, 2.24) is 10.3 Å². The number of amides is 2. The molecule has 0 spiro atoms. The van der Waals surface area contributed by atoms with Gasteiger partial charge in [0.15, 0.2) is 0 Å². The Balaban J connectivity index is 1.44. The van der Waals surface area contributed by atoms with Gasteiger partial charge in [0, 0.05) is 28.6 Å². The van der Waals surface area contributed by atoms with Crippen molar-refractivity contribution in [3.8, 4) is 11.1 Å². The Hall–Kier alpha value is -6.62. The minimum absolute atomic E-state index is 0.0131. The SMILES string of the molecule is CC(C)C(NC(=O)c1ccc(-c2cccnc2C(=O)Nc2ccc(C(=N)N)cc2)c(C(=O)OCc2ccccc2)c1)C(=O)OCc1ccccc1. The Bertz CT molecular complexity index is 2030. The first-order valence-electron chi connectivity index (χ1n) is 16.2. The number of amidine groups is 1. The summed E-state index contributed by atoms with van der Waals surface area (Å²) in [6.45, 7) is 3.60. The van der Waals surface area contributed by atoms with Gasteiger partial charge in [0.25, 0.3) is 11.8 Å². The fourth-order valence-corrected chi connectivity index (χ4v) is 5.16. The average molecular weight is 684 g/mol. The van der Waals surface area contributed by atoms with E-state index in [9.17, 15) is 19.2 Å². The molecule has 5 N–H and O–H groups in total. The minimum atomic E-state index is -0.965. The lowest BCUT2D eigenvalue weighted by Gasteiger charge is -2.21. The number of nitrogen functional groups attached to an aromatic ring is 1. The van der Waals surface area contributed by atoms with E-state index in [4.69, 9.17) is 20.6 Å². The van der Waals surface area contributed by atoms with Crippen molar-refractivity contribution in [2.24, 2.45) is 11.7 Å². The van der Waals surface area contributed by atoms with E-state index in [-0.39, 0.29) is 41.8 Å². The van der Waals surface area contributed by atoms with Crippen molar-refractivity contribution in [3.05, 3.63) is 155 Å². The van der Waals surface area contributed by atoms with Crippen molar-refractivity contribution in [1.29, 1.82) is 5.41 Å². The van der Waals surface area contributed by atoms with Crippen LogP contribution in [0.2, 0.25) is 0 Å². The quantitative estimate of drug-likeness (QED) is 0.0651. The topological polar surface area (TPSA) is 174 Å². The summed E-state index contributed by atoms with van der Waals surface area (Å²) in [5.41, 5.74) is 8.80. The van der Waals surface area contributed by atoms with Gasteiger partial charge in [-0.25, -0.2) is 9.59 Å². The number of hydrogen-bond acceptors (Lipinski definition) is 8. The fourth-order valence-electron chi connectivity index (χ4n) is 5.16. The molecule has 1 atom stereocenters. The van der Waals surface area contributed by atoms with Gasteiger partial charge < -0.3 is 25.8 Å². The second kappa shape index (κ2) is 16.7. The number of nitrogens with two attached hydrogens (primary N) is 1. The molecular formula is C40H37N5O6. The van der Waals surface area contributed by atoms with E-state index in [1.165, 1.54) is 18.3 Å². The van der Waals surface area contributed by atoms with Crippen molar-refractivity contribution >= 4 is 35.3 Å². The van der Waals surface area contributed by atoms with Gasteiger partial charge in [0.1, 0.15) is 30.8 Å². The zero-order valence-electron chi connectivity index (χ0n) is 28.1. The third-order valence-electron chi connectivity index (χ3n) is 7.91. The first kappa shape index (κ1) is 35.7. The van der Waals surface area contributed by atoms with E-state index in [2.05, 4.69) is 15.6 Å². The molecule has 0 radical (unpaired) electrons. The summed E-state index contributed by atoms with van der Waals surface area (Å²) in [7, 11) is 0. The molecule has 0 aliphatic rings. The molecule has 51 heavy (non-hydrogen) atoms. The zero-order valence-corrected chi connectivity index (χ0v) is 28.1. The Labute approximate surface area is 295 Å². The van der Waals surface area contributed by atoms with E-state index in [1.54, 1.807) is 56.3 Å². The molecule has 0 aliphatic heterocycles. The first-order valence-corrected chi connectivity index (χ1v) is 16.2. The number of aromatic nitrogens is 1. The minimum Gasteiger partial charge on any atom is -0.459 e. The molecule has 11 nitrogen and oxygen atoms in total. The van der Waals surface area contributed by atoms with E-state index in [1.807, 2.05) is 60.7 Å². The third kappa shape index (κ3) is 9.30. The summed E-state index contributed by atoms with van der Waals surface area (Å²) >= 11 is 0. The van der Waals surface area contributed by atoms with Crippen LogP contribution in [-0.2, 0) is 27.5 Å². The number of nitrogens with zero attached hydrogens (tertiary/aromatic N) is 1. The number of nitrogens with one attached hydrogen (secondary N) is 3. The molecule has 0 bridgehead atoms. The van der Waals surface area contributed by atoms with Crippen molar-refractivity contribution in [2.45, 2.75) is 33.1 Å². The highest BCUT2D eigenvalue weighted by Gasteiger charge is 2.28. The van der Waals surface area contributed by atoms with E-state index >= 15 is 0 Å². The number of carbonyl (C=O) groups is 4. The molecule has 0 aliphatic carbocycles. The van der Waals surface area contributed by atoms with Gasteiger partial charge >= 0.3 is 11.9 Å². The molecule has 2 amide bonds. The lowest BCUT2D eigenvalue weighted by Crippen LogP contribution is -2.45. The second-order valence-electron chi connectivity index (χ2n) is 12.0. The van der Waals surface area contributed by atoms with Gasteiger partial charge in [0.05, 0.1) is 5.56 Å². The Morgan fingerprint density at radius 1 is 0.725 bits per heavy atom. The van der Waals surface area contributed by atoms with Gasteiger partial charge in [-0.1, -0.05) is 86.6 Å². The van der Waals surface area contributed by atoms with Gasteiger partial charge in [-0.3, -0.25) is 20.0 Å². The summed E-state index contributed by atoms with van der Waals surface area (Å²) in [5, 5.41) is 13.1. The molecular weight excluding hydrogens is 646 g/mol. The highest BCUT2D eigenvalue weighted by Crippen LogP contribution is 2.29. The lowest BCUT2D eigenvalue weighted by molar-refractivity contribution is -0.148. The summed E-state index contributed by atoms with van der Waals surface area (Å²) in [5.74, 6) is -2.90. The second-order valence-corrected chi connectivity index (χ2v) is 12.0. The summed E-state index contributed by atoms with van der Waals surface area (Å²) in [6, 6.07) is 31.5. The van der Waals surface area contributed by atoms with Gasteiger partial charge in [-0.05, 0) is 65.1 Å². The Morgan fingerprint density at radius 2 is 1.33 bits per heavy atom. The van der Waals surface area contributed by atoms with Gasteiger partial charge in [-0.15, -0.1) is 0 Å². The smallest absolute Gasteiger partial charge is 0.339 e. The van der Waals surface area contributed by atoms with Crippen LogP contribution in [0, 0.1) is 11.3 Å². The number of carbonyl (C=O) groups excluding carboxylic acids is 4. The first-order chi connectivity index (χ1) is 24.6. The van der Waals surface area contributed by atoms with Crippen molar-refractivity contribution in [3.63, 3.8) is 0 Å². The highest BCUT2D eigenvalue weighted by molar-refractivity contribution is 6.10. The van der Waals surface area contributed by atoms with Crippen LogP contribution in [0.5, 0.6) is 0 Å². The van der Waals surface area contributed by atoms with Crippen molar-refractivity contribution in [2.75, 3.05) is 5.32 Å². The molecule has 5 aromatic rings. The van der Waals surface area contributed by atoms with Crippen LogP contribution in [0.3, 0.4) is 0 Å². The molecule has 1 aromatic heterocycles. The van der Waals surface area contributed by atoms with Gasteiger partial charge in [0.2, 0.25) is 0 Å².